The maximum atomic E-state index is 9.74. The minimum Gasteiger partial charge on any atom is -0.389 e. The summed E-state index contributed by atoms with van der Waals surface area (Å²) in [5, 5.41) is 9.74. The van der Waals surface area contributed by atoms with Crippen molar-refractivity contribution in [2.75, 3.05) is 0 Å². The third-order valence-corrected chi connectivity index (χ3v) is 3.97. The van der Waals surface area contributed by atoms with Crippen LogP contribution in [0.4, 0.5) is 0 Å². The highest BCUT2D eigenvalue weighted by molar-refractivity contribution is 9.10. The summed E-state index contributed by atoms with van der Waals surface area (Å²) >= 11 is 5.13. The molecule has 2 aromatic rings. The molecular formula is C14H13BrOS. The number of hydrogen-bond acceptors (Lipinski definition) is 2. The van der Waals surface area contributed by atoms with Crippen LogP contribution in [0, 0.1) is 0 Å². The molecule has 0 saturated heterocycles. The summed E-state index contributed by atoms with van der Waals surface area (Å²) in [4.78, 5) is 2.26. The maximum absolute atomic E-state index is 9.74. The van der Waals surface area contributed by atoms with Crippen molar-refractivity contribution in [2.24, 2.45) is 0 Å². The number of hydrogen-bond donors (Lipinski definition) is 1. The van der Waals surface area contributed by atoms with E-state index in [1.165, 1.54) is 4.90 Å². The molecule has 2 aromatic carbocycles. The first-order valence-electron chi connectivity index (χ1n) is 5.37. The molecule has 17 heavy (non-hydrogen) atoms. The summed E-state index contributed by atoms with van der Waals surface area (Å²) in [5.74, 6) is 0. The molecule has 1 nitrogen and oxygen atoms in total. The van der Waals surface area contributed by atoms with Gasteiger partial charge in [0, 0.05) is 14.3 Å². The molecule has 2 rings (SSSR count). The minimum atomic E-state index is -0.450. The molecule has 88 valence electrons. The van der Waals surface area contributed by atoms with Gasteiger partial charge in [0.25, 0.3) is 0 Å². The lowest BCUT2D eigenvalue weighted by atomic mass is 10.1. The van der Waals surface area contributed by atoms with Crippen molar-refractivity contribution in [3.8, 4) is 0 Å². The Hall–Kier alpha value is -0.770. The van der Waals surface area contributed by atoms with E-state index in [2.05, 4.69) is 28.1 Å². The van der Waals surface area contributed by atoms with Crippen LogP contribution < -0.4 is 0 Å². The van der Waals surface area contributed by atoms with Crippen molar-refractivity contribution in [2.45, 2.75) is 22.8 Å². The van der Waals surface area contributed by atoms with Crippen LogP contribution in [0.2, 0.25) is 0 Å². The van der Waals surface area contributed by atoms with Gasteiger partial charge in [-0.15, -0.1) is 0 Å². The Morgan fingerprint density at radius 2 is 1.82 bits per heavy atom. The van der Waals surface area contributed by atoms with Gasteiger partial charge >= 0.3 is 0 Å². The van der Waals surface area contributed by atoms with Gasteiger partial charge in [-0.05, 0) is 36.8 Å². The van der Waals surface area contributed by atoms with Gasteiger partial charge in [-0.1, -0.05) is 52.0 Å². The van der Waals surface area contributed by atoms with Crippen LogP contribution >= 0.6 is 27.7 Å². The van der Waals surface area contributed by atoms with Crippen molar-refractivity contribution in [3.63, 3.8) is 0 Å². The molecule has 1 atom stereocenters. The first-order chi connectivity index (χ1) is 8.16. The fraction of sp³-hybridized carbons (Fsp3) is 0.143. The number of aliphatic hydroxyl groups is 1. The second-order valence-electron chi connectivity index (χ2n) is 3.77. The zero-order chi connectivity index (χ0) is 12.3. The fourth-order valence-corrected chi connectivity index (χ4v) is 3.16. The van der Waals surface area contributed by atoms with Crippen molar-refractivity contribution < 1.29 is 5.11 Å². The highest BCUT2D eigenvalue weighted by Gasteiger charge is 2.09. The Kier molecular flexibility index (Phi) is 4.26. The van der Waals surface area contributed by atoms with Crippen molar-refractivity contribution in [1.82, 2.24) is 0 Å². The second kappa shape index (κ2) is 5.71. The van der Waals surface area contributed by atoms with Crippen LogP contribution in [-0.4, -0.2) is 5.11 Å². The Labute approximate surface area is 114 Å². The van der Waals surface area contributed by atoms with Crippen molar-refractivity contribution in [3.05, 3.63) is 58.6 Å². The zero-order valence-corrected chi connectivity index (χ0v) is 11.8. The van der Waals surface area contributed by atoms with E-state index >= 15 is 0 Å². The van der Waals surface area contributed by atoms with Crippen LogP contribution in [0.15, 0.2) is 62.8 Å². The molecule has 3 heteroatoms. The first kappa shape index (κ1) is 12.7. The van der Waals surface area contributed by atoms with Gasteiger partial charge in [0.2, 0.25) is 0 Å². The SMILES string of the molecule is CC(O)c1ccc(Br)cc1Sc1ccccc1. The van der Waals surface area contributed by atoms with Gasteiger partial charge in [0.1, 0.15) is 0 Å². The maximum Gasteiger partial charge on any atom is 0.0772 e. The minimum absolute atomic E-state index is 0.450. The lowest BCUT2D eigenvalue weighted by Crippen LogP contribution is -1.93. The Morgan fingerprint density at radius 1 is 1.12 bits per heavy atom. The van der Waals surface area contributed by atoms with Gasteiger partial charge < -0.3 is 5.11 Å². The molecule has 0 radical (unpaired) electrons. The number of rotatable bonds is 3. The van der Waals surface area contributed by atoms with E-state index in [9.17, 15) is 5.11 Å². The van der Waals surface area contributed by atoms with Crippen molar-refractivity contribution in [1.29, 1.82) is 0 Å². The summed E-state index contributed by atoms with van der Waals surface area (Å²) in [5.41, 5.74) is 0.960. The van der Waals surface area contributed by atoms with Crippen LogP contribution in [0.3, 0.4) is 0 Å². The third kappa shape index (κ3) is 3.35. The molecule has 0 aliphatic rings. The monoisotopic (exact) mass is 308 g/mol. The topological polar surface area (TPSA) is 20.2 Å². The summed E-state index contributed by atoms with van der Waals surface area (Å²) < 4.78 is 1.03. The molecule has 0 heterocycles. The van der Waals surface area contributed by atoms with E-state index < -0.39 is 6.10 Å². The normalized spacial score (nSPS) is 12.4. The molecular weight excluding hydrogens is 296 g/mol. The molecule has 1 N–H and O–H groups in total. The number of benzene rings is 2. The van der Waals surface area contributed by atoms with E-state index in [4.69, 9.17) is 0 Å². The van der Waals surface area contributed by atoms with Crippen LogP contribution in [0.5, 0.6) is 0 Å². The van der Waals surface area contributed by atoms with E-state index in [1.807, 2.05) is 36.4 Å². The average molecular weight is 309 g/mol. The fourth-order valence-electron chi connectivity index (χ4n) is 1.56. The zero-order valence-electron chi connectivity index (χ0n) is 9.43. The lowest BCUT2D eigenvalue weighted by molar-refractivity contribution is 0.196. The van der Waals surface area contributed by atoms with Gasteiger partial charge in [-0.2, -0.15) is 0 Å². The summed E-state index contributed by atoms with van der Waals surface area (Å²) in [7, 11) is 0. The predicted molar refractivity (Wildman–Crippen MR) is 75.3 cm³/mol. The Bertz CT molecular complexity index is 497. The van der Waals surface area contributed by atoms with E-state index in [1.54, 1.807) is 18.7 Å². The Balaban J connectivity index is 2.34. The predicted octanol–water partition coefficient (Wildman–Crippen LogP) is 4.65. The van der Waals surface area contributed by atoms with Crippen LogP contribution in [-0.2, 0) is 0 Å². The van der Waals surface area contributed by atoms with Crippen LogP contribution in [0.25, 0.3) is 0 Å². The van der Waals surface area contributed by atoms with Gasteiger partial charge in [0.05, 0.1) is 6.10 Å². The lowest BCUT2D eigenvalue weighted by Gasteiger charge is -2.12. The van der Waals surface area contributed by atoms with E-state index in [0.717, 1.165) is 14.9 Å². The quantitative estimate of drug-likeness (QED) is 0.890. The van der Waals surface area contributed by atoms with Crippen molar-refractivity contribution >= 4 is 27.7 Å². The van der Waals surface area contributed by atoms with Gasteiger partial charge in [0.15, 0.2) is 0 Å². The molecule has 0 aromatic heterocycles. The first-order valence-corrected chi connectivity index (χ1v) is 6.98. The molecule has 0 aliphatic carbocycles. The molecule has 1 unspecified atom stereocenters. The van der Waals surface area contributed by atoms with E-state index in [0.29, 0.717) is 0 Å². The smallest absolute Gasteiger partial charge is 0.0772 e. The summed E-state index contributed by atoms with van der Waals surface area (Å²) in [6.07, 6.45) is -0.450. The highest BCUT2D eigenvalue weighted by atomic mass is 79.9. The average Bonchev–Trinajstić information content (AvgIpc) is 2.30. The summed E-state index contributed by atoms with van der Waals surface area (Å²) in [6, 6.07) is 16.1. The Morgan fingerprint density at radius 3 is 2.47 bits per heavy atom. The molecule has 0 amide bonds. The van der Waals surface area contributed by atoms with Gasteiger partial charge in [-0.25, -0.2) is 0 Å². The number of aliphatic hydroxyl groups excluding tert-OH is 1. The third-order valence-electron chi connectivity index (χ3n) is 2.40. The highest BCUT2D eigenvalue weighted by Crippen LogP contribution is 2.34. The van der Waals surface area contributed by atoms with Crippen LogP contribution in [0.1, 0.15) is 18.6 Å². The standard InChI is InChI=1S/C14H13BrOS/c1-10(16)13-8-7-11(15)9-14(13)17-12-5-3-2-4-6-12/h2-10,16H,1H3. The largest absolute Gasteiger partial charge is 0.389 e. The molecule has 0 aliphatic heterocycles. The molecule has 0 bridgehead atoms. The molecule has 0 saturated carbocycles. The molecule has 0 spiro atoms. The second-order valence-corrected chi connectivity index (χ2v) is 5.80. The van der Waals surface area contributed by atoms with E-state index in [-0.39, 0.29) is 0 Å². The summed E-state index contributed by atoms with van der Waals surface area (Å²) in [6.45, 7) is 1.79. The van der Waals surface area contributed by atoms with Gasteiger partial charge in [-0.3, -0.25) is 0 Å². The number of halogens is 1. The molecule has 0 fully saturated rings.